The van der Waals surface area contributed by atoms with Crippen LogP contribution in [0.2, 0.25) is 5.02 Å². The molecular formula is C14H21ClN4OS. The largest absolute Gasteiger partial charge is 0.493 e. The average Bonchev–Trinajstić information content (AvgIpc) is 3.00. The molecule has 0 amide bonds. The first-order valence-electron chi connectivity index (χ1n) is 6.69. The molecule has 2 aromatic heterocycles. The molecule has 0 bridgehead atoms. The van der Waals surface area contributed by atoms with Gasteiger partial charge < -0.3 is 15.4 Å². The number of halogens is 1. The van der Waals surface area contributed by atoms with Crippen LogP contribution in [0.1, 0.15) is 22.2 Å². The fourth-order valence-electron chi connectivity index (χ4n) is 2.11. The van der Waals surface area contributed by atoms with E-state index in [-0.39, 0.29) is 6.04 Å². The minimum atomic E-state index is -0.337. The van der Waals surface area contributed by atoms with Gasteiger partial charge in [-0.05, 0) is 32.0 Å². The molecule has 7 heteroatoms. The molecule has 21 heavy (non-hydrogen) atoms. The van der Waals surface area contributed by atoms with Crippen LogP contribution in [0, 0.1) is 6.92 Å². The SMILES string of the molecule is COc1cnn(CCN(C)C)c1C(N)c1scc(C)c1Cl. The molecule has 2 rings (SSSR count). The third-order valence-corrected chi connectivity index (χ3v) is 5.12. The lowest BCUT2D eigenvalue weighted by Gasteiger charge is -2.17. The standard InChI is InChI=1S/C14H21ClN4OS/c1-9-8-21-14(11(9)15)12(16)13-10(20-4)7-17-19(13)6-5-18(2)3/h7-8,12H,5-6,16H2,1-4H3. The summed E-state index contributed by atoms with van der Waals surface area (Å²) in [6.45, 7) is 3.61. The predicted octanol–water partition coefficient (Wildman–Crippen LogP) is 2.52. The molecule has 1 atom stereocenters. The summed E-state index contributed by atoms with van der Waals surface area (Å²) in [6, 6.07) is -0.337. The zero-order valence-corrected chi connectivity index (χ0v) is 14.3. The Morgan fingerprint density at radius 1 is 1.52 bits per heavy atom. The lowest BCUT2D eigenvalue weighted by atomic mass is 10.1. The fraction of sp³-hybridized carbons (Fsp3) is 0.500. The van der Waals surface area contributed by atoms with Gasteiger partial charge in [-0.2, -0.15) is 5.10 Å². The zero-order valence-electron chi connectivity index (χ0n) is 12.8. The van der Waals surface area contributed by atoms with Crippen LogP contribution in [-0.4, -0.2) is 42.4 Å². The number of nitrogens with two attached hydrogens (primary N) is 1. The van der Waals surface area contributed by atoms with Crippen molar-refractivity contribution in [3.8, 4) is 5.75 Å². The van der Waals surface area contributed by atoms with E-state index in [0.717, 1.165) is 34.2 Å². The van der Waals surface area contributed by atoms with Gasteiger partial charge in [0.1, 0.15) is 5.69 Å². The maximum atomic E-state index is 6.43. The van der Waals surface area contributed by atoms with Crippen LogP contribution in [0.15, 0.2) is 11.6 Å². The smallest absolute Gasteiger partial charge is 0.161 e. The van der Waals surface area contributed by atoms with E-state index in [1.54, 1.807) is 24.6 Å². The van der Waals surface area contributed by atoms with Crippen molar-refractivity contribution in [2.24, 2.45) is 5.73 Å². The first-order chi connectivity index (χ1) is 9.95. The van der Waals surface area contributed by atoms with E-state index in [2.05, 4.69) is 10.00 Å². The van der Waals surface area contributed by atoms with E-state index in [4.69, 9.17) is 22.1 Å². The average molecular weight is 329 g/mol. The first-order valence-corrected chi connectivity index (χ1v) is 7.95. The quantitative estimate of drug-likeness (QED) is 0.885. The highest BCUT2D eigenvalue weighted by molar-refractivity contribution is 7.10. The molecule has 0 aliphatic carbocycles. The topological polar surface area (TPSA) is 56.3 Å². The van der Waals surface area contributed by atoms with Crippen LogP contribution in [0.25, 0.3) is 0 Å². The molecule has 0 radical (unpaired) electrons. The summed E-state index contributed by atoms with van der Waals surface area (Å²) >= 11 is 7.92. The lowest BCUT2D eigenvalue weighted by molar-refractivity contribution is 0.363. The minimum absolute atomic E-state index is 0.337. The number of nitrogens with zero attached hydrogens (tertiary/aromatic N) is 3. The molecule has 0 saturated carbocycles. The van der Waals surface area contributed by atoms with Gasteiger partial charge in [0.05, 0.1) is 30.9 Å². The number of likely N-dealkylation sites (N-methyl/N-ethyl adjacent to an activating group) is 1. The second kappa shape index (κ2) is 6.79. The molecule has 0 saturated heterocycles. The molecular weight excluding hydrogens is 308 g/mol. The van der Waals surface area contributed by atoms with Crippen molar-refractivity contribution in [1.82, 2.24) is 14.7 Å². The third-order valence-electron chi connectivity index (χ3n) is 3.33. The van der Waals surface area contributed by atoms with Gasteiger partial charge in [0.25, 0.3) is 0 Å². The van der Waals surface area contributed by atoms with E-state index >= 15 is 0 Å². The summed E-state index contributed by atoms with van der Waals surface area (Å²) in [5.74, 6) is 0.698. The zero-order chi connectivity index (χ0) is 15.6. The predicted molar refractivity (Wildman–Crippen MR) is 87.4 cm³/mol. The summed E-state index contributed by atoms with van der Waals surface area (Å²) in [5, 5.41) is 7.14. The van der Waals surface area contributed by atoms with Gasteiger partial charge in [-0.15, -0.1) is 11.3 Å². The second-order valence-electron chi connectivity index (χ2n) is 5.20. The molecule has 0 aromatic carbocycles. The number of hydrogen-bond acceptors (Lipinski definition) is 5. The Morgan fingerprint density at radius 2 is 2.24 bits per heavy atom. The Kier molecular flexibility index (Phi) is 5.27. The van der Waals surface area contributed by atoms with Crippen molar-refractivity contribution in [3.63, 3.8) is 0 Å². The summed E-state index contributed by atoms with van der Waals surface area (Å²) in [5.41, 5.74) is 8.34. The number of methoxy groups -OCH3 is 1. The van der Waals surface area contributed by atoms with E-state index in [1.165, 1.54) is 0 Å². The minimum Gasteiger partial charge on any atom is -0.493 e. The van der Waals surface area contributed by atoms with Gasteiger partial charge in [0.2, 0.25) is 0 Å². The Morgan fingerprint density at radius 3 is 2.76 bits per heavy atom. The number of ether oxygens (including phenoxy) is 1. The molecule has 0 fully saturated rings. The third kappa shape index (κ3) is 3.40. The first kappa shape index (κ1) is 16.3. The van der Waals surface area contributed by atoms with Crippen molar-refractivity contribution in [2.75, 3.05) is 27.7 Å². The van der Waals surface area contributed by atoms with Crippen LogP contribution < -0.4 is 10.5 Å². The van der Waals surface area contributed by atoms with Crippen LogP contribution >= 0.6 is 22.9 Å². The molecule has 5 nitrogen and oxygen atoms in total. The fourth-order valence-corrected chi connectivity index (χ4v) is 3.42. The molecule has 0 spiro atoms. The molecule has 0 aliphatic rings. The number of rotatable bonds is 6. The Hall–Kier alpha value is -1.08. The highest BCUT2D eigenvalue weighted by Crippen LogP contribution is 2.37. The van der Waals surface area contributed by atoms with E-state index in [9.17, 15) is 0 Å². The van der Waals surface area contributed by atoms with Gasteiger partial charge in [0, 0.05) is 11.4 Å². The van der Waals surface area contributed by atoms with Crippen molar-refractivity contribution in [1.29, 1.82) is 0 Å². The number of aromatic nitrogens is 2. The van der Waals surface area contributed by atoms with E-state index in [0.29, 0.717) is 5.75 Å². The Balaban J connectivity index is 2.36. The molecule has 116 valence electrons. The van der Waals surface area contributed by atoms with Gasteiger partial charge >= 0.3 is 0 Å². The van der Waals surface area contributed by atoms with Gasteiger partial charge in [-0.3, -0.25) is 4.68 Å². The highest BCUT2D eigenvalue weighted by atomic mass is 35.5. The summed E-state index contributed by atoms with van der Waals surface area (Å²) in [4.78, 5) is 3.05. The van der Waals surface area contributed by atoms with Gasteiger partial charge in [0.15, 0.2) is 5.75 Å². The monoisotopic (exact) mass is 328 g/mol. The summed E-state index contributed by atoms with van der Waals surface area (Å²) in [7, 11) is 5.68. The highest BCUT2D eigenvalue weighted by Gasteiger charge is 2.24. The van der Waals surface area contributed by atoms with Gasteiger partial charge in [-0.1, -0.05) is 11.6 Å². The molecule has 2 heterocycles. The Bertz CT molecular complexity index is 608. The van der Waals surface area contributed by atoms with E-state index in [1.807, 2.05) is 31.1 Å². The summed E-state index contributed by atoms with van der Waals surface area (Å²) < 4.78 is 7.30. The number of hydrogen-bond donors (Lipinski definition) is 1. The van der Waals surface area contributed by atoms with Crippen molar-refractivity contribution in [2.45, 2.75) is 19.5 Å². The number of aryl methyl sites for hydroxylation is 1. The maximum absolute atomic E-state index is 6.43. The van der Waals surface area contributed by atoms with Gasteiger partial charge in [-0.25, -0.2) is 0 Å². The van der Waals surface area contributed by atoms with Crippen LogP contribution in [-0.2, 0) is 6.54 Å². The van der Waals surface area contributed by atoms with Crippen molar-refractivity contribution < 1.29 is 4.74 Å². The Labute approximate surface area is 134 Å². The second-order valence-corrected chi connectivity index (χ2v) is 6.49. The van der Waals surface area contributed by atoms with Crippen molar-refractivity contribution >= 4 is 22.9 Å². The lowest BCUT2D eigenvalue weighted by Crippen LogP contribution is -2.23. The molecule has 0 aliphatic heterocycles. The van der Waals surface area contributed by atoms with Crippen LogP contribution in [0.3, 0.4) is 0 Å². The number of thiophene rings is 1. The molecule has 2 aromatic rings. The summed E-state index contributed by atoms with van der Waals surface area (Å²) in [6.07, 6.45) is 1.71. The van der Waals surface area contributed by atoms with Crippen LogP contribution in [0.5, 0.6) is 5.75 Å². The normalized spacial score (nSPS) is 12.9. The molecule has 2 N–H and O–H groups in total. The van der Waals surface area contributed by atoms with Crippen LogP contribution in [0.4, 0.5) is 0 Å². The van der Waals surface area contributed by atoms with Crippen molar-refractivity contribution in [3.05, 3.63) is 32.7 Å². The maximum Gasteiger partial charge on any atom is 0.161 e. The molecule has 1 unspecified atom stereocenters. The van der Waals surface area contributed by atoms with E-state index < -0.39 is 0 Å².